The number of hydrogen-bond acceptors (Lipinski definition) is 6. The van der Waals surface area contributed by atoms with E-state index in [1.165, 1.54) is 14.0 Å². The Balaban J connectivity index is 4.82. The lowest BCUT2D eigenvalue weighted by molar-refractivity contribution is -0.145. The summed E-state index contributed by atoms with van der Waals surface area (Å²) < 4.78 is 6.35. The molecule has 1 amide bonds. The molecule has 0 saturated heterocycles. The number of carbonyl (C=O) groups excluding carboxylic acids is 2. The van der Waals surface area contributed by atoms with Gasteiger partial charge in [-0.25, -0.2) is 4.79 Å². The van der Waals surface area contributed by atoms with Crippen molar-refractivity contribution in [2.75, 3.05) is 7.11 Å². The molecule has 6 nitrogen and oxygen atoms in total. The third-order valence-electron chi connectivity index (χ3n) is 1.75. The summed E-state index contributed by atoms with van der Waals surface area (Å²) in [6.07, 6.45) is 0. The van der Waals surface area contributed by atoms with E-state index in [0.717, 1.165) is 0 Å². The van der Waals surface area contributed by atoms with Crippen LogP contribution in [0.3, 0.4) is 0 Å². The van der Waals surface area contributed by atoms with E-state index in [9.17, 15) is 14.5 Å². The molecule has 1 unspecified atom stereocenters. The van der Waals surface area contributed by atoms with Gasteiger partial charge < -0.3 is 10.1 Å². The van der Waals surface area contributed by atoms with Gasteiger partial charge in [0.1, 0.15) is 6.04 Å². The smallest absolute Gasteiger partial charge is 0.329 e. The van der Waals surface area contributed by atoms with Crippen molar-refractivity contribution in [2.24, 2.45) is 4.58 Å². The van der Waals surface area contributed by atoms with Gasteiger partial charge in [0.15, 0.2) is 0 Å². The van der Waals surface area contributed by atoms with Crippen LogP contribution in [0.2, 0.25) is 0 Å². The number of carbonyl (C=O) groups is 2. The minimum atomic E-state index is -0.900. The van der Waals surface area contributed by atoms with E-state index in [1.54, 1.807) is 13.8 Å². The summed E-state index contributed by atoms with van der Waals surface area (Å²) in [5.74, 6) is -0.976. The van der Waals surface area contributed by atoms with Crippen LogP contribution in [0.15, 0.2) is 4.58 Å². The second-order valence-corrected chi connectivity index (χ2v) is 4.81. The molecular weight excluding hydrogens is 220 g/mol. The summed E-state index contributed by atoms with van der Waals surface area (Å²) >= 11 is 0.681. The number of esters is 1. The van der Waals surface area contributed by atoms with E-state index in [2.05, 4.69) is 14.6 Å². The molecule has 1 N–H and O–H groups in total. The van der Waals surface area contributed by atoms with Gasteiger partial charge in [-0.05, 0) is 13.8 Å². The predicted octanol–water partition coefficient (Wildman–Crippen LogP) is 0.857. The van der Waals surface area contributed by atoms with Crippen LogP contribution in [0, 0.1) is 4.91 Å². The van der Waals surface area contributed by atoms with Crippen molar-refractivity contribution in [3.63, 3.8) is 0 Å². The number of methoxy groups -OCH3 is 1. The first-order valence-corrected chi connectivity index (χ1v) is 4.98. The summed E-state index contributed by atoms with van der Waals surface area (Å²) in [6, 6.07) is -0.900. The molecular formula is C8H14N2O4S. The van der Waals surface area contributed by atoms with Crippen LogP contribution in [0.5, 0.6) is 0 Å². The number of ether oxygens (including phenoxy) is 1. The lowest BCUT2D eigenvalue weighted by Gasteiger charge is -2.28. The number of amides is 1. The summed E-state index contributed by atoms with van der Waals surface area (Å²) in [4.78, 5) is 32.4. The van der Waals surface area contributed by atoms with Crippen molar-refractivity contribution in [1.29, 1.82) is 0 Å². The molecule has 0 rings (SSSR count). The Morgan fingerprint density at radius 2 is 2.00 bits per heavy atom. The monoisotopic (exact) mass is 234 g/mol. The van der Waals surface area contributed by atoms with Crippen molar-refractivity contribution in [3.8, 4) is 0 Å². The van der Waals surface area contributed by atoms with E-state index in [-0.39, 0.29) is 5.91 Å². The molecule has 7 heteroatoms. The molecule has 86 valence electrons. The molecule has 0 aliphatic carbocycles. The maximum Gasteiger partial charge on any atom is 0.329 e. The lowest BCUT2D eigenvalue weighted by atomic mass is 10.0. The maximum absolute atomic E-state index is 11.4. The number of hydrogen-bond donors (Lipinski definition) is 1. The van der Waals surface area contributed by atoms with Crippen molar-refractivity contribution < 1.29 is 14.3 Å². The molecule has 15 heavy (non-hydrogen) atoms. The third kappa shape index (κ3) is 4.28. The Hall–Kier alpha value is -1.11. The van der Waals surface area contributed by atoms with Crippen LogP contribution in [0.1, 0.15) is 20.8 Å². The molecule has 0 aliphatic rings. The van der Waals surface area contributed by atoms with Crippen LogP contribution in [-0.4, -0.2) is 29.8 Å². The normalized spacial score (nSPS) is 12.8. The minimum Gasteiger partial charge on any atom is -0.467 e. The Morgan fingerprint density at radius 1 is 1.47 bits per heavy atom. The first kappa shape index (κ1) is 13.9. The molecule has 0 aromatic heterocycles. The van der Waals surface area contributed by atoms with Crippen LogP contribution < -0.4 is 5.32 Å². The fourth-order valence-electron chi connectivity index (χ4n) is 0.986. The van der Waals surface area contributed by atoms with Crippen molar-refractivity contribution in [3.05, 3.63) is 4.91 Å². The van der Waals surface area contributed by atoms with E-state index >= 15 is 0 Å². The zero-order valence-corrected chi connectivity index (χ0v) is 9.88. The quantitative estimate of drug-likeness (QED) is 0.433. The highest BCUT2D eigenvalue weighted by molar-refractivity contribution is 7.99. The Kier molecular flexibility index (Phi) is 5.27. The number of nitrogens with one attached hydrogen (secondary N) is 1. The average Bonchev–Trinajstić information content (AvgIpc) is 2.12. The Bertz CT molecular complexity index is 267. The molecule has 0 heterocycles. The molecule has 0 spiro atoms. The van der Waals surface area contributed by atoms with Gasteiger partial charge in [-0.15, -0.1) is 4.91 Å². The van der Waals surface area contributed by atoms with Gasteiger partial charge >= 0.3 is 5.97 Å². The topological polar surface area (TPSA) is 84.8 Å². The predicted molar refractivity (Wildman–Crippen MR) is 57.1 cm³/mol. The fourth-order valence-corrected chi connectivity index (χ4v) is 1.44. The number of nitrogens with zero attached hydrogens (tertiary/aromatic N) is 1. The fraction of sp³-hybridized carbons (Fsp3) is 0.750. The number of rotatable bonds is 5. The molecule has 1 atom stereocenters. The zero-order valence-electron chi connectivity index (χ0n) is 9.07. The van der Waals surface area contributed by atoms with Crippen molar-refractivity contribution >= 4 is 23.8 Å². The zero-order chi connectivity index (χ0) is 12.1. The second kappa shape index (κ2) is 5.69. The first-order valence-electron chi connectivity index (χ1n) is 4.21. The molecule has 0 aromatic carbocycles. The first-order chi connectivity index (χ1) is 6.85. The van der Waals surface area contributed by atoms with Crippen LogP contribution >= 0.6 is 11.9 Å². The lowest BCUT2D eigenvalue weighted by Crippen LogP contribution is -2.52. The SMILES string of the molecule is COC(=O)C(NC(C)=O)C(C)(C)SN=O. The highest BCUT2D eigenvalue weighted by Gasteiger charge is 2.38. The van der Waals surface area contributed by atoms with Gasteiger partial charge in [0.05, 0.1) is 11.9 Å². The molecule has 0 fully saturated rings. The summed E-state index contributed by atoms with van der Waals surface area (Å²) in [5.41, 5.74) is 0. The van der Waals surface area contributed by atoms with Gasteiger partial charge in [-0.2, -0.15) is 0 Å². The maximum atomic E-state index is 11.4. The second-order valence-electron chi connectivity index (χ2n) is 3.43. The summed E-state index contributed by atoms with van der Waals surface area (Å²) in [7, 11) is 1.21. The molecule has 0 aromatic rings. The van der Waals surface area contributed by atoms with E-state index < -0.39 is 16.8 Å². The molecule has 0 bridgehead atoms. The standard InChI is InChI=1S/C8H14N2O4S/c1-5(11)9-6(7(12)14-4)8(2,3)15-10-13/h6H,1-4H3,(H,9,11). The number of nitroso groups, excluding NO2 is 1. The van der Waals surface area contributed by atoms with Crippen molar-refractivity contribution in [1.82, 2.24) is 5.32 Å². The minimum absolute atomic E-state index is 0.370. The van der Waals surface area contributed by atoms with E-state index in [4.69, 9.17) is 0 Å². The molecule has 0 saturated carbocycles. The molecule has 0 aliphatic heterocycles. The van der Waals surface area contributed by atoms with Gasteiger partial charge in [-0.3, -0.25) is 4.79 Å². The van der Waals surface area contributed by atoms with Crippen molar-refractivity contribution in [2.45, 2.75) is 31.6 Å². The van der Waals surface area contributed by atoms with Gasteiger partial charge in [-0.1, -0.05) is 0 Å². The Labute approximate surface area is 92.2 Å². The van der Waals surface area contributed by atoms with Gasteiger partial charge in [0.2, 0.25) is 5.91 Å². The molecule has 0 radical (unpaired) electrons. The van der Waals surface area contributed by atoms with Gasteiger partial charge in [0.25, 0.3) is 0 Å². The summed E-state index contributed by atoms with van der Waals surface area (Å²) in [6.45, 7) is 4.53. The van der Waals surface area contributed by atoms with E-state index in [0.29, 0.717) is 11.9 Å². The van der Waals surface area contributed by atoms with Crippen LogP contribution in [-0.2, 0) is 14.3 Å². The van der Waals surface area contributed by atoms with Crippen LogP contribution in [0.25, 0.3) is 0 Å². The largest absolute Gasteiger partial charge is 0.467 e. The highest BCUT2D eigenvalue weighted by Crippen LogP contribution is 2.29. The van der Waals surface area contributed by atoms with Crippen LogP contribution in [0.4, 0.5) is 0 Å². The third-order valence-corrected chi connectivity index (χ3v) is 2.53. The Morgan fingerprint density at radius 3 is 2.33 bits per heavy atom. The average molecular weight is 234 g/mol. The highest BCUT2D eigenvalue weighted by atomic mass is 32.2. The summed E-state index contributed by atoms with van der Waals surface area (Å²) in [5, 5.41) is 2.42. The van der Waals surface area contributed by atoms with Gasteiger partial charge in [0, 0.05) is 23.5 Å². The van der Waals surface area contributed by atoms with E-state index in [1.807, 2.05) is 0 Å².